The lowest BCUT2D eigenvalue weighted by Gasteiger charge is -2.13. The van der Waals surface area contributed by atoms with Crippen LogP contribution < -0.4 is 4.74 Å². The number of fused-ring (bicyclic) bond motifs is 3. The number of aromatic hydroxyl groups is 2. The summed E-state index contributed by atoms with van der Waals surface area (Å²) in [6.07, 6.45) is 0.906. The van der Waals surface area contributed by atoms with E-state index in [2.05, 4.69) is 40.8 Å². The Labute approximate surface area is 488 Å². The smallest absolute Gasteiger partial charge is 0.425 e. The van der Waals surface area contributed by atoms with Gasteiger partial charge in [-0.15, -0.1) is 55.9 Å². The highest BCUT2D eigenvalue weighted by Gasteiger charge is 2.28. The molecule has 0 saturated carbocycles. The Morgan fingerprint density at radius 3 is 1.73 bits per heavy atom. The summed E-state index contributed by atoms with van der Waals surface area (Å²) in [6.45, 7) is 1.25. The average molecular weight is 1350 g/mol. The first-order valence-corrected chi connectivity index (χ1v) is 32.2. The van der Waals surface area contributed by atoms with Crippen LogP contribution in [0.3, 0.4) is 0 Å². The maximum atomic E-state index is 12.9. The normalized spacial score (nSPS) is 12.1. The fourth-order valence-electron chi connectivity index (χ4n) is 7.21. The quantitative estimate of drug-likeness (QED) is 0.0326. The van der Waals surface area contributed by atoms with Crippen LogP contribution in [-0.4, -0.2) is 139 Å². The Hall–Kier alpha value is -8.73. The maximum Gasteiger partial charge on any atom is 0.425 e. The minimum absolute atomic E-state index is 0.00863. The largest absolute Gasteiger partial charge is 0.505 e. The lowest BCUT2D eigenvalue weighted by atomic mass is 10.1. The third kappa shape index (κ3) is 17.9. The number of carbonyl (C=O) groups excluding carboxylic acids is 2. The van der Waals surface area contributed by atoms with Crippen LogP contribution in [0.4, 0.5) is 33.6 Å². The van der Waals surface area contributed by atoms with Gasteiger partial charge in [-0.1, -0.05) is 23.5 Å². The number of hydrogen-bond acceptors (Lipinski definition) is 31. The van der Waals surface area contributed by atoms with E-state index in [1.807, 2.05) is 0 Å². The SMILES string of the molecule is Cc1cc(N=Nc2ccc3c(S(=O)(=O)O)c(N=Nc4cnn(-c5cc(S(=O)(=O)O)c6cc(S(=O)(=O)O)cc(S(=O)(=O)O)c6c5)c4O)ccc3c2O)c(OCCCS(=O)(=O)O)cc1N=Nc1nc2ccc(CO)cc2s1.O=C=O.O=S(=O)=O.O=S(=O)=O. The molecule has 0 aliphatic carbocycles. The van der Waals surface area contributed by atoms with E-state index in [0.29, 0.717) is 39.5 Å². The molecule has 8 rings (SSSR count). The molecule has 36 nitrogen and oxygen atoms in total. The van der Waals surface area contributed by atoms with Crippen LogP contribution in [0.25, 0.3) is 37.4 Å². The van der Waals surface area contributed by atoms with Crippen molar-refractivity contribution in [2.45, 2.75) is 39.5 Å². The number of aromatic nitrogens is 3. The van der Waals surface area contributed by atoms with E-state index < -0.39 is 137 Å². The molecule has 456 valence electrons. The third-order valence-electron chi connectivity index (χ3n) is 10.6. The Morgan fingerprint density at radius 1 is 0.605 bits per heavy atom. The molecule has 0 saturated heterocycles. The highest BCUT2D eigenvalue weighted by atomic mass is 32.2. The molecule has 0 aliphatic heterocycles. The van der Waals surface area contributed by atoms with Crippen LogP contribution in [0, 0.1) is 6.92 Å². The number of rotatable bonds is 17. The number of hydrogen-bond donors (Lipinski definition) is 8. The second kappa shape index (κ2) is 27.5. The van der Waals surface area contributed by atoms with Crippen LogP contribution >= 0.6 is 11.3 Å². The van der Waals surface area contributed by atoms with Gasteiger partial charge in [0.25, 0.3) is 50.6 Å². The molecule has 2 aromatic heterocycles. The zero-order valence-electron chi connectivity index (χ0n) is 42.0. The fraction of sp³-hybridized carbons (Fsp3) is 0.119. The lowest BCUT2D eigenvalue weighted by molar-refractivity contribution is -0.191. The molecular weight excluding hydrogens is 1320 g/mol. The van der Waals surface area contributed by atoms with Gasteiger partial charge < -0.3 is 20.1 Å². The number of phenols is 1. The summed E-state index contributed by atoms with van der Waals surface area (Å²) in [7, 11) is -31.8. The Balaban J connectivity index is 0.00000113. The van der Waals surface area contributed by atoms with E-state index >= 15 is 0 Å². The Kier molecular flexibility index (Phi) is 21.8. The van der Waals surface area contributed by atoms with E-state index in [1.54, 1.807) is 25.1 Å². The van der Waals surface area contributed by atoms with Gasteiger partial charge in [-0.25, -0.2) is 4.98 Å². The molecule has 0 radical (unpaired) electrons. The molecule has 0 fully saturated rings. The second-order valence-corrected chi connectivity index (χ2v) is 25.2. The van der Waals surface area contributed by atoms with Crippen molar-refractivity contribution in [2.75, 3.05) is 12.4 Å². The van der Waals surface area contributed by atoms with Crippen LogP contribution in [0.2, 0.25) is 0 Å². The first-order chi connectivity index (χ1) is 39.9. The van der Waals surface area contributed by atoms with Crippen molar-refractivity contribution in [1.82, 2.24) is 14.8 Å². The van der Waals surface area contributed by atoms with Gasteiger partial charge in [0.15, 0.2) is 11.4 Å². The summed E-state index contributed by atoms with van der Waals surface area (Å²) < 4.78 is 229. The summed E-state index contributed by atoms with van der Waals surface area (Å²) in [5.74, 6) is -2.27. The molecule has 0 bridgehead atoms. The van der Waals surface area contributed by atoms with Crippen LogP contribution in [0.15, 0.2) is 135 Å². The van der Waals surface area contributed by atoms with Crippen molar-refractivity contribution in [3.8, 4) is 23.1 Å². The number of nitrogens with zero attached hydrogens (tertiary/aromatic N) is 9. The number of phenolic OH excluding ortho intramolecular Hbond substituents is 1. The zero-order valence-corrected chi connectivity index (χ0v) is 48.6. The summed E-state index contributed by atoms with van der Waals surface area (Å²) in [4.78, 5) is 16.1. The fourth-order valence-corrected chi connectivity index (χ4v) is 11.4. The van der Waals surface area contributed by atoms with Gasteiger partial charge in [-0.2, -0.15) is 61.5 Å². The first-order valence-electron chi connectivity index (χ1n) is 22.0. The van der Waals surface area contributed by atoms with Crippen molar-refractivity contribution in [2.24, 2.45) is 30.7 Å². The number of benzene rings is 6. The van der Waals surface area contributed by atoms with Crippen molar-refractivity contribution < 1.29 is 120 Å². The van der Waals surface area contributed by atoms with E-state index in [4.69, 9.17) is 39.6 Å². The monoisotopic (exact) mass is 1350 g/mol. The van der Waals surface area contributed by atoms with Gasteiger partial charge in [-0.3, -0.25) is 22.8 Å². The summed E-state index contributed by atoms with van der Waals surface area (Å²) >= 11 is 1.22. The predicted molar refractivity (Wildman–Crippen MR) is 288 cm³/mol. The number of ether oxygens (including phenoxy) is 1. The number of aryl methyl sites for hydroxylation is 1. The molecule has 8 aromatic rings. The lowest BCUT2D eigenvalue weighted by Crippen LogP contribution is -2.08. The minimum atomic E-state index is -5.40. The van der Waals surface area contributed by atoms with Crippen molar-refractivity contribution >= 4 is 155 Å². The van der Waals surface area contributed by atoms with Gasteiger partial charge in [0.2, 0.25) is 11.0 Å². The van der Waals surface area contributed by atoms with Crippen molar-refractivity contribution in [3.63, 3.8) is 0 Å². The highest BCUT2D eigenvalue weighted by Crippen LogP contribution is 2.44. The number of azo groups is 3. The molecule has 2 heterocycles. The maximum absolute atomic E-state index is 12.9. The van der Waals surface area contributed by atoms with Gasteiger partial charge in [0.1, 0.15) is 37.5 Å². The topological polar surface area (TPSA) is 583 Å². The Bertz CT molecular complexity index is 4950. The highest BCUT2D eigenvalue weighted by molar-refractivity contribution is 7.87. The zero-order chi connectivity index (χ0) is 64.4. The molecule has 0 atom stereocenters. The number of aliphatic hydroxyl groups is 1. The standard InChI is InChI=1S/C41H33N9O19S6.CO2.2O3S/c1-20-11-32(34(69-9-2-10-71(54,55)56)17-31(20)46-49-41-43-28-6-3-21(19-51)12-35(28)70-41)47-44-29-7-5-25-24(38(29)52)4-8-30(39(25)75(66,67)68)45-48-33-18-42-50(40(33)53)22-13-26-27(36(14-22)73(60,61)62)15-23(72(57,58)59)16-37(26)74(63,64)65;2-1-3;2*1-4(2)3/h3-8,11-18,51-53H,2,9-10,19H2,1H3,(H,54,55,56)(H,57,58,59)(H,60,61,62)(H,63,64,65)(H,66,67,68);;;. The van der Waals surface area contributed by atoms with E-state index in [9.17, 15) is 80.2 Å². The molecular formula is C42H33N9O27S8. The van der Waals surface area contributed by atoms with Crippen LogP contribution in [-0.2, 0) is 88.0 Å². The second-order valence-electron chi connectivity index (χ2n) is 16.2. The molecule has 0 amide bonds. The molecule has 0 unspecified atom stereocenters. The van der Waals surface area contributed by atoms with Gasteiger partial charge in [-0.05, 0) is 85.1 Å². The van der Waals surface area contributed by atoms with E-state index in [1.165, 1.54) is 23.5 Å². The molecule has 0 spiro atoms. The molecule has 8 N–H and O–H groups in total. The minimum Gasteiger partial charge on any atom is -0.505 e. The number of aliphatic hydroxyl groups excluding tert-OH is 1. The third-order valence-corrected chi connectivity index (χ3v) is 15.9. The van der Waals surface area contributed by atoms with E-state index in [-0.39, 0.29) is 64.5 Å². The molecule has 6 aromatic carbocycles. The predicted octanol–water partition coefficient (Wildman–Crippen LogP) is 5.30. The summed E-state index contributed by atoms with van der Waals surface area (Å²) in [5.41, 5.74) is 0.125. The molecule has 86 heavy (non-hydrogen) atoms. The summed E-state index contributed by atoms with van der Waals surface area (Å²) in [5, 5.41) is 58.4. The van der Waals surface area contributed by atoms with Gasteiger partial charge in [0.05, 0.1) is 51.7 Å². The van der Waals surface area contributed by atoms with Crippen molar-refractivity contribution in [3.05, 3.63) is 96.2 Å². The van der Waals surface area contributed by atoms with Gasteiger partial charge >= 0.3 is 27.4 Å². The molecule has 0 aliphatic rings. The first kappa shape index (κ1) is 68.1. The van der Waals surface area contributed by atoms with E-state index in [0.717, 1.165) is 41.2 Å². The average Bonchev–Trinajstić information content (AvgIpc) is 1.20. The summed E-state index contributed by atoms with van der Waals surface area (Å²) in [6, 6.07) is 14.7. The Morgan fingerprint density at radius 2 is 1.15 bits per heavy atom. The van der Waals surface area contributed by atoms with Gasteiger partial charge in [0, 0.05) is 27.6 Å². The van der Waals surface area contributed by atoms with Crippen LogP contribution in [0.1, 0.15) is 17.5 Å². The molecule has 44 heteroatoms. The van der Waals surface area contributed by atoms with Crippen molar-refractivity contribution in [1.29, 1.82) is 0 Å². The van der Waals surface area contributed by atoms with Crippen LogP contribution in [0.5, 0.6) is 17.4 Å². The number of thiazole rings is 1.